The van der Waals surface area contributed by atoms with E-state index in [9.17, 15) is 58.2 Å². The molecule has 3 saturated heterocycles. The van der Waals surface area contributed by atoms with Crippen LogP contribution in [0.25, 0.3) is 0 Å². The van der Waals surface area contributed by atoms with Crippen molar-refractivity contribution in [2.45, 2.75) is 221 Å². The van der Waals surface area contributed by atoms with Crippen molar-refractivity contribution in [3.05, 3.63) is 0 Å². The molecule has 3 aliphatic rings. The van der Waals surface area contributed by atoms with Crippen LogP contribution in [0, 0.1) is 35.5 Å². The molecule has 5 N–H and O–H groups in total. The summed E-state index contributed by atoms with van der Waals surface area (Å²) >= 11 is 0. The van der Waals surface area contributed by atoms with Crippen molar-refractivity contribution in [1.29, 1.82) is 0 Å². The van der Waals surface area contributed by atoms with Crippen LogP contribution in [-0.4, -0.2) is 183 Å². The Balaban J connectivity index is 2.23. The Hall–Kier alpha value is -5.18. The predicted octanol–water partition coefficient (Wildman–Crippen LogP) is 2.50. The number of amides is 7. The Kier molecular flexibility index (Phi) is 24.6. The molecule has 3 heterocycles. The van der Waals surface area contributed by atoms with Crippen LogP contribution in [0.5, 0.6) is 0 Å². The molecule has 21 nitrogen and oxygen atoms in total. The van der Waals surface area contributed by atoms with Crippen molar-refractivity contribution in [1.82, 2.24) is 35.6 Å². The van der Waals surface area contributed by atoms with Crippen molar-refractivity contribution in [3.8, 4) is 0 Å². The zero-order chi connectivity index (χ0) is 56.9. The van der Waals surface area contributed by atoms with Crippen LogP contribution < -0.4 is 16.0 Å². The maximum absolute atomic E-state index is 14.9. The van der Waals surface area contributed by atoms with Crippen LogP contribution in [0.3, 0.4) is 0 Å². The van der Waals surface area contributed by atoms with Crippen molar-refractivity contribution in [2.24, 2.45) is 35.5 Å². The van der Waals surface area contributed by atoms with Gasteiger partial charge in [0.1, 0.15) is 48.5 Å². The topological polar surface area (TPSA) is 279 Å². The average molecular weight is 1060 g/mol. The molecule has 0 bridgehead atoms. The van der Waals surface area contributed by atoms with E-state index in [1.807, 2.05) is 48.5 Å². The Labute approximate surface area is 444 Å². The zero-order valence-electron chi connectivity index (χ0n) is 47.4. The third-order valence-corrected chi connectivity index (χ3v) is 14.7. The van der Waals surface area contributed by atoms with Crippen LogP contribution in [0.2, 0.25) is 0 Å². The molecule has 0 aliphatic carbocycles. The van der Waals surface area contributed by atoms with E-state index in [1.54, 1.807) is 20.8 Å². The molecule has 13 atom stereocenters. The lowest BCUT2D eigenvalue weighted by Gasteiger charge is -2.37. The molecule has 0 aromatic heterocycles. The van der Waals surface area contributed by atoms with Gasteiger partial charge in [0.2, 0.25) is 35.4 Å². The molecule has 75 heavy (non-hydrogen) atoms. The molecule has 0 aromatic rings. The first-order chi connectivity index (χ1) is 34.9. The monoisotopic (exact) mass is 1060 g/mol. The van der Waals surface area contributed by atoms with Crippen LogP contribution in [0.1, 0.15) is 154 Å². The molecule has 3 fully saturated rings. The number of hydrogen-bond acceptors (Lipinski definition) is 14. The average Bonchev–Trinajstić information content (AvgIpc) is 4.03. The third kappa shape index (κ3) is 17.2. The van der Waals surface area contributed by atoms with E-state index in [2.05, 4.69) is 16.0 Å². The minimum Gasteiger partial charge on any atom is -0.458 e. The fourth-order valence-corrected chi connectivity index (χ4v) is 10.4. The van der Waals surface area contributed by atoms with E-state index in [4.69, 9.17) is 9.47 Å². The van der Waals surface area contributed by atoms with Gasteiger partial charge in [-0.1, -0.05) is 75.7 Å². The van der Waals surface area contributed by atoms with Gasteiger partial charge < -0.3 is 55.2 Å². The molecule has 0 aromatic carbocycles. The summed E-state index contributed by atoms with van der Waals surface area (Å²) in [5.74, 6) is -10.6. The lowest BCUT2D eigenvalue weighted by atomic mass is 9.90. The first-order valence-electron chi connectivity index (χ1n) is 27.3. The van der Waals surface area contributed by atoms with E-state index in [0.29, 0.717) is 25.7 Å². The third-order valence-electron chi connectivity index (χ3n) is 14.7. The van der Waals surface area contributed by atoms with Gasteiger partial charge in [-0.25, -0.2) is 4.79 Å². The van der Waals surface area contributed by atoms with E-state index >= 15 is 0 Å². The second kappa shape index (κ2) is 28.8. The maximum atomic E-state index is 14.9. The number of ketones is 1. The molecular formula is C54H91N7O14. The summed E-state index contributed by atoms with van der Waals surface area (Å²) in [5.41, 5.74) is 0. The van der Waals surface area contributed by atoms with Gasteiger partial charge in [-0.3, -0.25) is 43.2 Å². The summed E-state index contributed by atoms with van der Waals surface area (Å²) in [6, 6.07) is -8.54. The highest BCUT2D eigenvalue weighted by Crippen LogP contribution is 2.27. The lowest BCUT2D eigenvalue weighted by Crippen LogP contribution is -2.62. The van der Waals surface area contributed by atoms with Crippen LogP contribution >= 0.6 is 0 Å². The molecule has 426 valence electrons. The first-order valence-corrected chi connectivity index (χ1v) is 27.3. The highest BCUT2D eigenvalue weighted by atomic mass is 16.6. The van der Waals surface area contributed by atoms with E-state index < -0.39 is 150 Å². The van der Waals surface area contributed by atoms with Crippen molar-refractivity contribution < 1.29 is 67.6 Å². The number of esters is 2. The number of nitrogens with one attached hydrogen (secondary N) is 3. The number of rotatable bonds is 15. The number of carbonyl (C=O) groups is 10. The second-order valence-corrected chi connectivity index (χ2v) is 22.9. The minimum atomic E-state index is -1.72. The summed E-state index contributed by atoms with van der Waals surface area (Å²) < 4.78 is 11.8. The fraction of sp³-hybridized carbons (Fsp3) is 0.815. The Bertz CT molecular complexity index is 2030. The Morgan fingerprint density at radius 2 is 1.43 bits per heavy atom. The SMILES string of the molecule is CCC[C@H](C)[C@H]1NC(=O)[C@@H](NC(=O)[C@@H](CC(C)C)N(C)C(=O)C2CCCN2C(=O)[C@H](C)O)[C@@H](C)OC(=O)[C@H](CC(C)C)N(C)C(=O)[C@@H]2CCCN2C(=O)[C@H](CC(C)C)NC(=O)[C@@H](C)C(=O)[C@H](C(C)C)OC(=O)C[C@@H]1O. The van der Waals surface area contributed by atoms with Gasteiger partial charge in [0.15, 0.2) is 11.9 Å². The Morgan fingerprint density at radius 3 is 1.99 bits per heavy atom. The van der Waals surface area contributed by atoms with E-state index in [0.717, 1.165) is 0 Å². The number of aliphatic hydroxyl groups is 2. The fourth-order valence-electron chi connectivity index (χ4n) is 10.4. The number of hydrogen-bond donors (Lipinski definition) is 5. The molecule has 3 rings (SSSR count). The summed E-state index contributed by atoms with van der Waals surface area (Å²) in [7, 11) is 2.84. The smallest absolute Gasteiger partial charge is 0.329 e. The summed E-state index contributed by atoms with van der Waals surface area (Å²) in [5, 5.41) is 30.3. The number of ether oxygens (including phenoxy) is 2. The highest BCUT2D eigenvalue weighted by Gasteiger charge is 2.46. The van der Waals surface area contributed by atoms with Crippen molar-refractivity contribution in [3.63, 3.8) is 0 Å². The van der Waals surface area contributed by atoms with Gasteiger partial charge in [0.25, 0.3) is 5.91 Å². The molecule has 3 aliphatic heterocycles. The molecule has 1 unspecified atom stereocenters. The van der Waals surface area contributed by atoms with E-state index in [1.165, 1.54) is 54.5 Å². The quantitative estimate of drug-likeness (QED) is 0.117. The van der Waals surface area contributed by atoms with Crippen LogP contribution in [-0.2, 0) is 57.4 Å². The minimum absolute atomic E-state index is 0.0883. The largest absolute Gasteiger partial charge is 0.458 e. The van der Waals surface area contributed by atoms with Gasteiger partial charge in [-0.2, -0.15) is 0 Å². The molecule has 0 radical (unpaired) electrons. The maximum Gasteiger partial charge on any atom is 0.329 e. The standard InChI is InChI=1S/C54H91N7O14/c1-16-19-32(10)43-41(63)27-42(64)75-46(31(8)9)45(65)33(11)47(66)55-36(24-28(2)3)51(70)61-23-18-21-38(61)53(72)59(15)40(26-30(6)7)54(73)74-35(13)44(49(68)56-43)57-48(67)39(25-29(4)5)58(14)52(71)37-20-17-22-60(37)50(69)34(12)62/h28-41,43-44,46,62-63H,16-27H2,1-15H3,(H,55,66)(H,56,68)(H,57,67)/t32-,33-,34-,35+,36-,37?,38-,39+,40-,41-,43+,44-,46-/m0/s1. The Morgan fingerprint density at radius 1 is 0.813 bits per heavy atom. The number of Topliss-reactive ketones (excluding diaryl/α,β-unsaturated/α-hetero) is 1. The van der Waals surface area contributed by atoms with Gasteiger partial charge in [-0.15, -0.1) is 0 Å². The first kappa shape index (κ1) is 64.1. The van der Waals surface area contributed by atoms with E-state index in [-0.39, 0.29) is 62.9 Å². The van der Waals surface area contributed by atoms with Crippen molar-refractivity contribution >= 4 is 59.1 Å². The number of carbonyl (C=O) groups excluding carboxylic acids is 10. The highest BCUT2D eigenvalue weighted by molar-refractivity contribution is 6.05. The predicted molar refractivity (Wildman–Crippen MR) is 278 cm³/mol. The summed E-state index contributed by atoms with van der Waals surface area (Å²) in [4.78, 5) is 147. The van der Waals surface area contributed by atoms with Crippen LogP contribution in [0.15, 0.2) is 0 Å². The second-order valence-electron chi connectivity index (χ2n) is 22.9. The van der Waals surface area contributed by atoms with Crippen LogP contribution in [0.4, 0.5) is 0 Å². The molecule has 7 amide bonds. The molecular weight excluding hydrogens is 971 g/mol. The number of likely N-dealkylation sites (tertiary alicyclic amines) is 1. The van der Waals surface area contributed by atoms with Gasteiger partial charge >= 0.3 is 11.9 Å². The summed E-state index contributed by atoms with van der Waals surface area (Å²) in [6.45, 7) is 22.4. The van der Waals surface area contributed by atoms with Gasteiger partial charge in [-0.05, 0) is 102 Å². The molecule has 0 spiro atoms. The lowest BCUT2D eigenvalue weighted by molar-refractivity contribution is -0.163. The number of fused-ring (bicyclic) bond motifs is 1. The normalized spacial score (nSPS) is 28.7. The van der Waals surface area contributed by atoms with Gasteiger partial charge in [0.05, 0.1) is 24.5 Å². The zero-order valence-corrected chi connectivity index (χ0v) is 47.4. The number of aliphatic hydroxyl groups excluding tert-OH is 2. The number of likely N-dealkylation sites (N-methyl/N-ethyl adjacent to an activating group) is 2. The summed E-state index contributed by atoms with van der Waals surface area (Å²) in [6.07, 6.45) is -3.81. The number of nitrogens with zero attached hydrogens (tertiary/aromatic N) is 4. The van der Waals surface area contributed by atoms with Crippen molar-refractivity contribution in [2.75, 3.05) is 27.2 Å². The molecule has 21 heteroatoms. The number of cyclic esters (lactones) is 2. The van der Waals surface area contributed by atoms with Gasteiger partial charge in [0, 0.05) is 27.2 Å². The molecule has 0 saturated carbocycles.